The lowest BCUT2D eigenvalue weighted by molar-refractivity contribution is 0.352. The van der Waals surface area contributed by atoms with Crippen LogP contribution >= 0.6 is 0 Å². The zero-order valence-corrected chi connectivity index (χ0v) is 10.8. The Morgan fingerprint density at radius 3 is 2.35 bits per heavy atom. The molecule has 1 nitrogen and oxygen atoms in total. The molecule has 0 aromatic heterocycles. The van der Waals surface area contributed by atoms with E-state index in [9.17, 15) is 0 Å². The predicted octanol–water partition coefficient (Wildman–Crippen LogP) is 3.18. The van der Waals surface area contributed by atoms with Crippen molar-refractivity contribution >= 4 is 0 Å². The molecule has 1 aromatic rings. The average Bonchev–Trinajstić information content (AvgIpc) is 3.08. The van der Waals surface area contributed by atoms with Gasteiger partial charge in [0.05, 0.1) is 0 Å². The van der Waals surface area contributed by atoms with Crippen LogP contribution in [0.15, 0.2) is 24.3 Å². The van der Waals surface area contributed by atoms with E-state index >= 15 is 0 Å². The van der Waals surface area contributed by atoms with Crippen LogP contribution in [0, 0.1) is 11.8 Å². The van der Waals surface area contributed by atoms with Gasteiger partial charge in [0.1, 0.15) is 0 Å². The molecule has 0 aliphatic heterocycles. The van der Waals surface area contributed by atoms with Crippen molar-refractivity contribution in [3.05, 3.63) is 35.4 Å². The van der Waals surface area contributed by atoms with E-state index in [4.69, 9.17) is 0 Å². The van der Waals surface area contributed by atoms with E-state index in [2.05, 4.69) is 36.6 Å². The first-order valence-corrected chi connectivity index (χ1v) is 7.11. The van der Waals surface area contributed by atoms with Crippen molar-refractivity contribution in [3.8, 4) is 0 Å². The van der Waals surface area contributed by atoms with Crippen molar-refractivity contribution < 1.29 is 0 Å². The van der Waals surface area contributed by atoms with Gasteiger partial charge in [0.2, 0.25) is 0 Å². The normalized spacial score (nSPS) is 21.5. The van der Waals surface area contributed by atoms with Crippen molar-refractivity contribution in [2.75, 3.05) is 7.05 Å². The Morgan fingerprint density at radius 1 is 1.18 bits per heavy atom. The molecule has 1 atom stereocenters. The van der Waals surface area contributed by atoms with E-state index < -0.39 is 0 Å². The zero-order valence-electron chi connectivity index (χ0n) is 10.8. The fraction of sp³-hybridized carbons (Fsp3) is 0.625. The van der Waals surface area contributed by atoms with Gasteiger partial charge in [-0.15, -0.1) is 0 Å². The van der Waals surface area contributed by atoms with E-state index in [1.54, 1.807) is 11.1 Å². The standard InChI is InChI=1S/C16H23N/c1-17-16(9-8-12-6-7-12)15-10-13-4-2-3-5-14(13)11-15/h2-5,12,15-17H,6-11H2,1H3. The molecule has 0 bridgehead atoms. The maximum Gasteiger partial charge on any atom is 0.00987 e. The fourth-order valence-corrected chi connectivity index (χ4v) is 3.31. The van der Waals surface area contributed by atoms with Crippen LogP contribution in [-0.2, 0) is 12.8 Å². The van der Waals surface area contributed by atoms with Crippen molar-refractivity contribution in [1.29, 1.82) is 0 Å². The first-order chi connectivity index (χ1) is 8.36. The van der Waals surface area contributed by atoms with Gasteiger partial charge in [-0.05, 0) is 55.7 Å². The van der Waals surface area contributed by atoms with Crippen LogP contribution in [0.2, 0.25) is 0 Å². The van der Waals surface area contributed by atoms with E-state index in [1.165, 1.54) is 38.5 Å². The maximum absolute atomic E-state index is 3.56. The molecule has 17 heavy (non-hydrogen) atoms. The largest absolute Gasteiger partial charge is 0.317 e. The summed E-state index contributed by atoms with van der Waals surface area (Å²) in [6.45, 7) is 0. The lowest BCUT2D eigenvalue weighted by Gasteiger charge is -2.22. The summed E-state index contributed by atoms with van der Waals surface area (Å²) in [4.78, 5) is 0. The molecule has 3 rings (SSSR count). The predicted molar refractivity (Wildman–Crippen MR) is 72.1 cm³/mol. The lowest BCUT2D eigenvalue weighted by atomic mass is 9.92. The fourth-order valence-electron chi connectivity index (χ4n) is 3.31. The third kappa shape index (κ3) is 2.55. The summed E-state index contributed by atoms with van der Waals surface area (Å²) >= 11 is 0. The van der Waals surface area contributed by atoms with Crippen LogP contribution in [0.5, 0.6) is 0 Å². The van der Waals surface area contributed by atoms with E-state index in [0.29, 0.717) is 0 Å². The molecule has 1 saturated carbocycles. The summed E-state index contributed by atoms with van der Waals surface area (Å²) in [5.41, 5.74) is 3.17. The summed E-state index contributed by atoms with van der Waals surface area (Å²) in [5, 5.41) is 3.56. The highest BCUT2D eigenvalue weighted by Gasteiger charge is 2.29. The lowest BCUT2D eigenvalue weighted by Crippen LogP contribution is -2.34. The molecule has 2 aliphatic carbocycles. The van der Waals surface area contributed by atoms with E-state index in [0.717, 1.165) is 17.9 Å². The highest BCUT2D eigenvalue weighted by Crippen LogP contribution is 2.36. The minimum atomic E-state index is 0.725. The Kier molecular flexibility index (Phi) is 3.19. The van der Waals surface area contributed by atoms with Crippen LogP contribution in [0.1, 0.15) is 36.8 Å². The second-order valence-electron chi connectivity index (χ2n) is 5.85. The van der Waals surface area contributed by atoms with Crippen molar-refractivity contribution in [1.82, 2.24) is 5.32 Å². The molecule has 1 fully saturated rings. The summed E-state index contributed by atoms with van der Waals surface area (Å²) in [7, 11) is 2.14. The quantitative estimate of drug-likeness (QED) is 0.817. The van der Waals surface area contributed by atoms with E-state index in [-0.39, 0.29) is 0 Å². The van der Waals surface area contributed by atoms with Gasteiger partial charge in [-0.3, -0.25) is 0 Å². The molecular weight excluding hydrogens is 206 g/mol. The van der Waals surface area contributed by atoms with Gasteiger partial charge >= 0.3 is 0 Å². The van der Waals surface area contributed by atoms with Crippen molar-refractivity contribution in [2.24, 2.45) is 11.8 Å². The summed E-state index contributed by atoms with van der Waals surface area (Å²) in [5.74, 6) is 1.89. The third-order valence-electron chi connectivity index (χ3n) is 4.61. The SMILES string of the molecule is CNC(CCC1CC1)C1Cc2ccccc2C1. The average molecular weight is 229 g/mol. The molecule has 1 heteroatoms. The topological polar surface area (TPSA) is 12.0 Å². The highest BCUT2D eigenvalue weighted by atomic mass is 14.9. The third-order valence-corrected chi connectivity index (χ3v) is 4.61. The van der Waals surface area contributed by atoms with Gasteiger partial charge in [-0.25, -0.2) is 0 Å². The van der Waals surface area contributed by atoms with Crippen LogP contribution in [0.25, 0.3) is 0 Å². The molecular formula is C16H23N. The molecule has 2 aliphatic rings. The molecule has 0 heterocycles. The van der Waals surface area contributed by atoms with Gasteiger partial charge in [0.15, 0.2) is 0 Å². The van der Waals surface area contributed by atoms with Crippen LogP contribution < -0.4 is 5.32 Å². The molecule has 1 aromatic carbocycles. The van der Waals surface area contributed by atoms with Crippen LogP contribution in [-0.4, -0.2) is 13.1 Å². The summed E-state index contributed by atoms with van der Waals surface area (Å²) in [6, 6.07) is 9.70. The molecule has 0 saturated heterocycles. The van der Waals surface area contributed by atoms with Gasteiger partial charge < -0.3 is 5.32 Å². The highest BCUT2D eigenvalue weighted by molar-refractivity contribution is 5.32. The minimum absolute atomic E-state index is 0.725. The van der Waals surface area contributed by atoms with Gasteiger partial charge in [-0.2, -0.15) is 0 Å². The number of benzene rings is 1. The first-order valence-electron chi connectivity index (χ1n) is 7.11. The number of rotatable bonds is 5. The van der Waals surface area contributed by atoms with Crippen LogP contribution in [0.3, 0.4) is 0 Å². The number of hydrogen-bond acceptors (Lipinski definition) is 1. The first kappa shape index (κ1) is 11.3. The molecule has 1 unspecified atom stereocenters. The Bertz CT molecular complexity index is 356. The Balaban J connectivity index is 1.60. The molecule has 92 valence electrons. The molecule has 0 spiro atoms. The molecule has 0 amide bonds. The van der Waals surface area contributed by atoms with Gasteiger partial charge in [-0.1, -0.05) is 37.1 Å². The second kappa shape index (κ2) is 4.81. The smallest absolute Gasteiger partial charge is 0.00987 e. The zero-order chi connectivity index (χ0) is 11.7. The van der Waals surface area contributed by atoms with E-state index in [1.807, 2.05) is 0 Å². The molecule has 1 N–H and O–H groups in total. The summed E-state index contributed by atoms with van der Waals surface area (Å²) < 4.78 is 0. The monoisotopic (exact) mass is 229 g/mol. The van der Waals surface area contributed by atoms with Crippen molar-refractivity contribution in [2.45, 2.75) is 44.6 Å². The van der Waals surface area contributed by atoms with Crippen molar-refractivity contribution in [3.63, 3.8) is 0 Å². The van der Waals surface area contributed by atoms with Crippen LogP contribution in [0.4, 0.5) is 0 Å². The number of hydrogen-bond donors (Lipinski definition) is 1. The number of fused-ring (bicyclic) bond motifs is 1. The second-order valence-corrected chi connectivity index (χ2v) is 5.85. The summed E-state index contributed by atoms with van der Waals surface area (Å²) in [6.07, 6.45) is 8.36. The van der Waals surface area contributed by atoms with Gasteiger partial charge in [0, 0.05) is 6.04 Å². The number of nitrogens with one attached hydrogen (secondary N) is 1. The molecule has 0 radical (unpaired) electrons. The Labute approximate surface area is 105 Å². The maximum atomic E-state index is 3.56. The Hall–Kier alpha value is -0.820. The van der Waals surface area contributed by atoms with Gasteiger partial charge in [0.25, 0.3) is 0 Å². The Morgan fingerprint density at radius 2 is 1.82 bits per heavy atom. The minimum Gasteiger partial charge on any atom is -0.317 e.